The van der Waals surface area contributed by atoms with Crippen LogP contribution in [0.2, 0.25) is 0 Å². The molecule has 0 bridgehead atoms. The minimum absolute atomic E-state index is 0.0291. The molecule has 0 aliphatic carbocycles. The number of hydrogen-bond donors (Lipinski definition) is 2. The van der Waals surface area contributed by atoms with Crippen LogP contribution in [0.5, 0.6) is 0 Å². The smallest absolute Gasteiger partial charge is 0.0656 e. The summed E-state index contributed by atoms with van der Waals surface area (Å²) in [6, 6.07) is 10.5. The minimum atomic E-state index is -0.652. The molecule has 2 rings (SSSR count). The lowest BCUT2D eigenvalue weighted by atomic mass is 9.88. The van der Waals surface area contributed by atoms with Gasteiger partial charge in [0.05, 0.1) is 12.1 Å². The first-order chi connectivity index (χ1) is 9.65. The first-order valence-electron chi connectivity index (χ1n) is 7.39. The lowest BCUT2D eigenvalue weighted by Crippen LogP contribution is -2.45. The van der Waals surface area contributed by atoms with Crippen molar-refractivity contribution < 1.29 is 9.84 Å². The largest absolute Gasteiger partial charge is 0.394 e. The molecule has 0 spiro atoms. The van der Waals surface area contributed by atoms with Crippen molar-refractivity contribution >= 4 is 0 Å². The Morgan fingerprint density at radius 1 is 1.30 bits per heavy atom. The minimum Gasteiger partial charge on any atom is -0.394 e. The van der Waals surface area contributed by atoms with E-state index in [0.29, 0.717) is 6.04 Å². The quantitative estimate of drug-likeness (QED) is 0.824. The molecule has 1 unspecified atom stereocenters. The molecular weight excluding hydrogens is 252 g/mol. The third kappa shape index (κ3) is 3.79. The van der Waals surface area contributed by atoms with Crippen molar-refractivity contribution in [1.82, 2.24) is 4.90 Å². The van der Waals surface area contributed by atoms with Crippen LogP contribution in [0, 0.1) is 0 Å². The molecule has 1 fully saturated rings. The molecule has 1 aromatic carbocycles. The van der Waals surface area contributed by atoms with E-state index >= 15 is 0 Å². The predicted molar refractivity (Wildman–Crippen MR) is 80.5 cm³/mol. The maximum absolute atomic E-state index is 9.70. The van der Waals surface area contributed by atoms with E-state index in [0.717, 1.165) is 44.6 Å². The maximum Gasteiger partial charge on any atom is 0.0656 e. The average Bonchev–Trinajstić information content (AvgIpc) is 2.54. The fourth-order valence-electron chi connectivity index (χ4n) is 2.77. The van der Waals surface area contributed by atoms with Crippen molar-refractivity contribution in [2.24, 2.45) is 5.73 Å². The molecule has 1 heterocycles. The fourth-order valence-corrected chi connectivity index (χ4v) is 2.77. The van der Waals surface area contributed by atoms with Gasteiger partial charge in [-0.2, -0.15) is 0 Å². The number of nitrogens with two attached hydrogens (primary N) is 1. The van der Waals surface area contributed by atoms with E-state index in [1.165, 1.54) is 0 Å². The van der Waals surface area contributed by atoms with E-state index in [9.17, 15) is 5.11 Å². The van der Waals surface area contributed by atoms with E-state index < -0.39 is 5.54 Å². The molecular formula is C16H26N2O2. The molecule has 0 aromatic heterocycles. The van der Waals surface area contributed by atoms with Gasteiger partial charge >= 0.3 is 0 Å². The number of benzene rings is 1. The molecule has 112 valence electrons. The zero-order valence-electron chi connectivity index (χ0n) is 12.3. The summed E-state index contributed by atoms with van der Waals surface area (Å²) in [7, 11) is 2.14. The number of ether oxygens (including phenoxy) is 1. The summed E-state index contributed by atoms with van der Waals surface area (Å²) in [5, 5.41) is 9.70. The van der Waals surface area contributed by atoms with Crippen LogP contribution in [0.4, 0.5) is 0 Å². The summed E-state index contributed by atoms with van der Waals surface area (Å²) >= 11 is 0. The molecule has 0 radical (unpaired) electrons. The number of aliphatic hydroxyl groups excluding tert-OH is 1. The molecule has 1 aliphatic rings. The highest BCUT2D eigenvalue weighted by molar-refractivity contribution is 5.24. The van der Waals surface area contributed by atoms with E-state index in [1.54, 1.807) is 0 Å². The SMILES string of the molecule is CN(CCC(N)(CO)c1ccccc1)C1CCOCC1. The Bertz CT molecular complexity index is 393. The van der Waals surface area contributed by atoms with E-state index in [-0.39, 0.29) is 6.61 Å². The lowest BCUT2D eigenvalue weighted by molar-refractivity contribution is 0.0391. The van der Waals surface area contributed by atoms with Gasteiger partial charge in [0.1, 0.15) is 0 Å². The summed E-state index contributed by atoms with van der Waals surface area (Å²) in [5.74, 6) is 0. The molecule has 4 heteroatoms. The predicted octanol–water partition coefficient (Wildman–Crippen LogP) is 1.33. The number of rotatable bonds is 6. The van der Waals surface area contributed by atoms with Gasteiger partial charge in [0.2, 0.25) is 0 Å². The highest BCUT2D eigenvalue weighted by Gasteiger charge is 2.28. The van der Waals surface area contributed by atoms with Gasteiger partial charge in [0.25, 0.3) is 0 Å². The zero-order valence-corrected chi connectivity index (χ0v) is 12.3. The molecule has 4 nitrogen and oxygen atoms in total. The number of aliphatic hydroxyl groups is 1. The Kier molecular flexibility index (Phi) is 5.54. The van der Waals surface area contributed by atoms with Crippen LogP contribution in [-0.2, 0) is 10.3 Å². The third-order valence-electron chi connectivity index (χ3n) is 4.36. The third-order valence-corrected chi connectivity index (χ3v) is 4.36. The van der Waals surface area contributed by atoms with Crippen LogP contribution in [0.1, 0.15) is 24.8 Å². The first kappa shape index (κ1) is 15.4. The van der Waals surface area contributed by atoms with Crippen molar-refractivity contribution in [3.8, 4) is 0 Å². The Morgan fingerprint density at radius 2 is 1.95 bits per heavy atom. The van der Waals surface area contributed by atoms with Gasteiger partial charge in [-0.25, -0.2) is 0 Å². The highest BCUT2D eigenvalue weighted by atomic mass is 16.5. The molecule has 1 aliphatic heterocycles. The second-order valence-corrected chi connectivity index (χ2v) is 5.75. The van der Waals surface area contributed by atoms with Crippen molar-refractivity contribution in [3.05, 3.63) is 35.9 Å². The van der Waals surface area contributed by atoms with Crippen LogP contribution in [0.15, 0.2) is 30.3 Å². The number of nitrogens with zero attached hydrogens (tertiary/aromatic N) is 1. The molecule has 1 aromatic rings. The first-order valence-corrected chi connectivity index (χ1v) is 7.39. The average molecular weight is 278 g/mol. The van der Waals surface area contributed by atoms with Crippen LogP contribution < -0.4 is 5.73 Å². The summed E-state index contributed by atoms with van der Waals surface area (Å²) < 4.78 is 5.39. The second kappa shape index (κ2) is 7.18. The Balaban J connectivity index is 1.93. The summed E-state index contributed by atoms with van der Waals surface area (Å²) in [6.07, 6.45) is 2.92. The molecule has 1 saturated heterocycles. The summed E-state index contributed by atoms with van der Waals surface area (Å²) in [6.45, 7) is 2.55. The molecule has 3 N–H and O–H groups in total. The Hall–Kier alpha value is -0.940. The van der Waals surface area contributed by atoms with Gasteiger partial charge in [0, 0.05) is 25.8 Å². The van der Waals surface area contributed by atoms with E-state index in [1.807, 2.05) is 30.3 Å². The standard InChI is InChI=1S/C16H26N2O2/c1-18(15-7-11-20-12-8-15)10-9-16(17,13-19)14-5-3-2-4-6-14/h2-6,15,19H,7-13,17H2,1H3. The molecule has 1 atom stereocenters. The topological polar surface area (TPSA) is 58.7 Å². The van der Waals surface area contributed by atoms with E-state index in [4.69, 9.17) is 10.5 Å². The Labute approximate surface area is 121 Å². The molecule has 0 amide bonds. The van der Waals surface area contributed by atoms with Gasteiger partial charge in [-0.05, 0) is 31.9 Å². The summed E-state index contributed by atoms with van der Waals surface area (Å²) in [5.41, 5.74) is 6.75. The highest BCUT2D eigenvalue weighted by Crippen LogP contribution is 2.23. The van der Waals surface area contributed by atoms with Crippen LogP contribution in [0.25, 0.3) is 0 Å². The van der Waals surface area contributed by atoms with Crippen LogP contribution in [-0.4, -0.2) is 49.5 Å². The van der Waals surface area contributed by atoms with Crippen LogP contribution in [0.3, 0.4) is 0 Å². The van der Waals surface area contributed by atoms with Gasteiger partial charge in [-0.1, -0.05) is 30.3 Å². The lowest BCUT2D eigenvalue weighted by Gasteiger charge is -2.35. The van der Waals surface area contributed by atoms with Crippen LogP contribution >= 0.6 is 0 Å². The second-order valence-electron chi connectivity index (χ2n) is 5.75. The molecule has 0 saturated carbocycles. The van der Waals surface area contributed by atoms with Gasteiger partial charge in [0.15, 0.2) is 0 Å². The summed E-state index contributed by atoms with van der Waals surface area (Å²) in [4.78, 5) is 2.35. The molecule has 20 heavy (non-hydrogen) atoms. The van der Waals surface area contributed by atoms with Gasteiger partial charge in [-0.15, -0.1) is 0 Å². The van der Waals surface area contributed by atoms with Crippen molar-refractivity contribution in [3.63, 3.8) is 0 Å². The van der Waals surface area contributed by atoms with Crippen molar-refractivity contribution in [2.75, 3.05) is 33.4 Å². The monoisotopic (exact) mass is 278 g/mol. The fraction of sp³-hybridized carbons (Fsp3) is 0.625. The normalized spacial score (nSPS) is 20.0. The number of hydrogen-bond acceptors (Lipinski definition) is 4. The maximum atomic E-state index is 9.70. The zero-order chi connectivity index (χ0) is 14.4. The van der Waals surface area contributed by atoms with Gasteiger partial charge < -0.3 is 20.5 Å². The van der Waals surface area contributed by atoms with Crippen molar-refractivity contribution in [1.29, 1.82) is 0 Å². The van der Waals surface area contributed by atoms with E-state index in [2.05, 4.69) is 11.9 Å². The van der Waals surface area contributed by atoms with Crippen molar-refractivity contribution in [2.45, 2.75) is 30.8 Å². The van der Waals surface area contributed by atoms with Gasteiger partial charge in [-0.3, -0.25) is 0 Å². The Morgan fingerprint density at radius 3 is 2.55 bits per heavy atom.